The molecule has 3 N–H and O–H groups in total. The summed E-state index contributed by atoms with van der Waals surface area (Å²) in [6.07, 6.45) is 1.80. The lowest BCUT2D eigenvalue weighted by molar-refractivity contribution is 0.0963. The number of carbonyl (C=O) groups excluding carboxylic acids is 1. The first-order chi connectivity index (χ1) is 8.69. The van der Waals surface area contributed by atoms with E-state index in [4.69, 9.17) is 0 Å². The summed E-state index contributed by atoms with van der Waals surface area (Å²) in [5.74, 6) is 0.807. The monoisotopic (exact) mass is 244 g/mol. The molecule has 0 spiro atoms. The molecule has 0 atom stereocenters. The van der Waals surface area contributed by atoms with E-state index in [0.29, 0.717) is 12.1 Å². The molecule has 0 fully saturated rings. The Morgan fingerprint density at radius 2 is 2.28 bits per heavy atom. The number of aryl methyl sites for hydroxylation is 1. The fourth-order valence-corrected chi connectivity index (χ4v) is 1.67. The molecule has 0 bridgehead atoms. The van der Waals surface area contributed by atoms with Gasteiger partial charge in [-0.25, -0.2) is 4.98 Å². The van der Waals surface area contributed by atoms with Crippen molar-refractivity contribution in [3.63, 3.8) is 0 Å². The molecule has 0 aliphatic carbocycles. The van der Waals surface area contributed by atoms with Crippen molar-refractivity contribution < 1.29 is 4.79 Å². The Morgan fingerprint density at radius 3 is 2.94 bits per heavy atom. The van der Waals surface area contributed by atoms with E-state index in [9.17, 15) is 4.79 Å². The standard InChI is InChI=1S/C13H16N4O/c1-9-15-7-12(17-9)8-16-11-5-3-4-10(6-11)13(18)14-2/h3-7,16H,8H2,1-2H3,(H,14,18)(H,15,17). The Labute approximate surface area is 106 Å². The van der Waals surface area contributed by atoms with Crippen LogP contribution in [0.15, 0.2) is 30.5 Å². The summed E-state index contributed by atoms with van der Waals surface area (Å²) in [5, 5.41) is 5.85. The van der Waals surface area contributed by atoms with Crippen molar-refractivity contribution in [2.24, 2.45) is 0 Å². The summed E-state index contributed by atoms with van der Waals surface area (Å²) in [6.45, 7) is 2.56. The molecule has 5 heteroatoms. The molecule has 0 aliphatic heterocycles. The van der Waals surface area contributed by atoms with Crippen LogP contribution in [0.3, 0.4) is 0 Å². The van der Waals surface area contributed by atoms with Crippen LogP contribution in [-0.4, -0.2) is 22.9 Å². The summed E-state index contributed by atoms with van der Waals surface area (Å²) < 4.78 is 0. The molecule has 0 saturated heterocycles. The molecule has 0 radical (unpaired) electrons. The number of aromatic amines is 1. The number of hydrogen-bond donors (Lipinski definition) is 3. The van der Waals surface area contributed by atoms with Gasteiger partial charge in [-0.15, -0.1) is 0 Å². The van der Waals surface area contributed by atoms with Crippen molar-refractivity contribution in [2.45, 2.75) is 13.5 Å². The Balaban J connectivity index is 2.03. The van der Waals surface area contributed by atoms with E-state index in [1.54, 1.807) is 19.3 Å². The van der Waals surface area contributed by atoms with E-state index in [1.165, 1.54) is 0 Å². The number of benzene rings is 1. The first-order valence-electron chi connectivity index (χ1n) is 5.75. The van der Waals surface area contributed by atoms with Crippen LogP contribution < -0.4 is 10.6 Å². The van der Waals surface area contributed by atoms with Crippen molar-refractivity contribution in [3.8, 4) is 0 Å². The second-order valence-electron chi connectivity index (χ2n) is 4.01. The molecule has 0 aliphatic rings. The zero-order valence-electron chi connectivity index (χ0n) is 10.4. The van der Waals surface area contributed by atoms with Gasteiger partial charge in [0.05, 0.1) is 18.4 Å². The highest BCUT2D eigenvalue weighted by atomic mass is 16.1. The molecule has 2 rings (SSSR count). The van der Waals surface area contributed by atoms with Gasteiger partial charge in [-0.1, -0.05) is 6.07 Å². The van der Waals surface area contributed by atoms with Gasteiger partial charge in [0.25, 0.3) is 5.91 Å². The van der Waals surface area contributed by atoms with E-state index >= 15 is 0 Å². The van der Waals surface area contributed by atoms with Gasteiger partial charge in [0, 0.05) is 18.3 Å². The van der Waals surface area contributed by atoms with Crippen LogP contribution in [0.25, 0.3) is 0 Å². The van der Waals surface area contributed by atoms with Crippen LogP contribution in [-0.2, 0) is 6.54 Å². The average molecular weight is 244 g/mol. The molecule has 1 aromatic carbocycles. The van der Waals surface area contributed by atoms with Crippen molar-refractivity contribution in [3.05, 3.63) is 47.5 Å². The van der Waals surface area contributed by atoms with Gasteiger partial charge in [0.1, 0.15) is 5.82 Å². The average Bonchev–Trinajstić information content (AvgIpc) is 2.81. The number of imidazole rings is 1. The first kappa shape index (κ1) is 12.2. The quantitative estimate of drug-likeness (QED) is 0.766. The molecule has 1 aromatic heterocycles. The highest BCUT2D eigenvalue weighted by Gasteiger charge is 2.03. The molecule has 1 heterocycles. The normalized spacial score (nSPS) is 10.1. The minimum absolute atomic E-state index is 0.0870. The summed E-state index contributed by atoms with van der Waals surface area (Å²) >= 11 is 0. The van der Waals surface area contributed by atoms with Gasteiger partial charge in [-0.05, 0) is 25.1 Å². The topological polar surface area (TPSA) is 69.8 Å². The molecule has 0 saturated carbocycles. The van der Waals surface area contributed by atoms with Crippen LogP contribution in [0.4, 0.5) is 5.69 Å². The number of hydrogen-bond acceptors (Lipinski definition) is 3. The van der Waals surface area contributed by atoms with E-state index in [2.05, 4.69) is 20.6 Å². The maximum absolute atomic E-state index is 11.5. The second kappa shape index (κ2) is 5.35. The van der Waals surface area contributed by atoms with E-state index in [-0.39, 0.29) is 5.91 Å². The molecule has 5 nitrogen and oxygen atoms in total. The highest BCUT2D eigenvalue weighted by molar-refractivity contribution is 5.94. The maximum atomic E-state index is 11.5. The van der Waals surface area contributed by atoms with Crippen LogP contribution in [0, 0.1) is 6.92 Å². The van der Waals surface area contributed by atoms with E-state index in [0.717, 1.165) is 17.2 Å². The number of rotatable bonds is 4. The molecule has 2 aromatic rings. The largest absolute Gasteiger partial charge is 0.379 e. The zero-order chi connectivity index (χ0) is 13.0. The van der Waals surface area contributed by atoms with Gasteiger partial charge in [0.15, 0.2) is 0 Å². The van der Waals surface area contributed by atoms with E-state index < -0.39 is 0 Å². The van der Waals surface area contributed by atoms with Crippen molar-refractivity contribution in [1.29, 1.82) is 0 Å². The van der Waals surface area contributed by atoms with Crippen LogP contribution in [0.5, 0.6) is 0 Å². The summed E-state index contributed by atoms with van der Waals surface area (Å²) in [7, 11) is 1.62. The first-order valence-corrected chi connectivity index (χ1v) is 5.75. The lowest BCUT2D eigenvalue weighted by Crippen LogP contribution is -2.17. The lowest BCUT2D eigenvalue weighted by Gasteiger charge is -2.06. The van der Waals surface area contributed by atoms with Crippen LogP contribution in [0.1, 0.15) is 21.9 Å². The van der Waals surface area contributed by atoms with Crippen LogP contribution in [0.2, 0.25) is 0 Å². The fourth-order valence-electron chi connectivity index (χ4n) is 1.67. The Kier molecular flexibility index (Phi) is 3.62. The number of carbonyl (C=O) groups is 1. The number of nitrogens with zero attached hydrogens (tertiary/aromatic N) is 1. The van der Waals surface area contributed by atoms with Gasteiger partial charge < -0.3 is 15.6 Å². The molecule has 18 heavy (non-hydrogen) atoms. The zero-order valence-corrected chi connectivity index (χ0v) is 10.4. The Hall–Kier alpha value is -2.30. The van der Waals surface area contributed by atoms with Gasteiger partial charge in [-0.2, -0.15) is 0 Å². The summed E-state index contributed by atoms with van der Waals surface area (Å²) in [5.41, 5.74) is 2.56. The van der Waals surface area contributed by atoms with Crippen molar-refractivity contribution in [2.75, 3.05) is 12.4 Å². The Bertz CT molecular complexity index is 547. The number of nitrogens with one attached hydrogen (secondary N) is 3. The maximum Gasteiger partial charge on any atom is 0.251 e. The second-order valence-corrected chi connectivity index (χ2v) is 4.01. The van der Waals surface area contributed by atoms with Crippen molar-refractivity contribution in [1.82, 2.24) is 15.3 Å². The SMILES string of the molecule is CNC(=O)c1cccc(NCc2cnc(C)[nH]2)c1. The minimum atomic E-state index is -0.0870. The summed E-state index contributed by atoms with van der Waals surface area (Å²) in [4.78, 5) is 18.8. The smallest absolute Gasteiger partial charge is 0.251 e. The van der Waals surface area contributed by atoms with Gasteiger partial charge in [0.2, 0.25) is 0 Å². The molecule has 0 unspecified atom stereocenters. The Morgan fingerprint density at radius 1 is 1.44 bits per heavy atom. The van der Waals surface area contributed by atoms with E-state index in [1.807, 2.05) is 25.1 Å². The fraction of sp³-hybridized carbons (Fsp3) is 0.231. The predicted molar refractivity (Wildman–Crippen MR) is 70.5 cm³/mol. The molecule has 1 amide bonds. The molecular weight excluding hydrogens is 228 g/mol. The van der Waals surface area contributed by atoms with Crippen molar-refractivity contribution >= 4 is 11.6 Å². The summed E-state index contributed by atoms with van der Waals surface area (Å²) in [6, 6.07) is 7.38. The predicted octanol–water partition coefficient (Wildman–Crippen LogP) is 1.69. The highest BCUT2D eigenvalue weighted by Crippen LogP contribution is 2.11. The third kappa shape index (κ3) is 2.88. The third-order valence-corrected chi connectivity index (χ3v) is 2.59. The molecular formula is C13H16N4O. The number of amides is 1. The third-order valence-electron chi connectivity index (χ3n) is 2.59. The molecule has 94 valence electrons. The number of aromatic nitrogens is 2. The lowest BCUT2D eigenvalue weighted by atomic mass is 10.2. The number of H-pyrrole nitrogens is 1. The van der Waals surface area contributed by atoms with Gasteiger partial charge in [-0.3, -0.25) is 4.79 Å². The van der Waals surface area contributed by atoms with Crippen LogP contribution >= 0.6 is 0 Å². The number of anilines is 1. The van der Waals surface area contributed by atoms with Gasteiger partial charge >= 0.3 is 0 Å². The minimum Gasteiger partial charge on any atom is -0.379 e.